The molecule has 4 heteroatoms. The van der Waals surface area contributed by atoms with E-state index in [1.54, 1.807) is 12.1 Å². The van der Waals surface area contributed by atoms with Crippen molar-refractivity contribution in [2.45, 2.75) is 46.6 Å². The minimum absolute atomic E-state index is 0.0995. The molecule has 104 valence electrons. The number of carbonyl (C=O) groups excluding carboxylic acids is 2. The number of carbonyl (C=O) groups is 2. The summed E-state index contributed by atoms with van der Waals surface area (Å²) in [4.78, 5) is 23.4. The molecule has 0 spiro atoms. The van der Waals surface area contributed by atoms with Crippen molar-refractivity contribution in [2.75, 3.05) is 0 Å². The predicted octanol–water partition coefficient (Wildman–Crippen LogP) is 2.32. The van der Waals surface area contributed by atoms with Gasteiger partial charge in [-0.3, -0.25) is 9.59 Å². The van der Waals surface area contributed by atoms with E-state index in [4.69, 9.17) is 5.73 Å². The molecular formula is C15H22N2O2. The SMILES string of the molecule is CCCC(C)NC(=O)c1ccc(C(N)=O)c(C)c1C. The number of hydrogen-bond acceptors (Lipinski definition) is 2. The highest BCUT2D eigenvalue weighted by Crippen LogP contribution is 2.18. The number of nitrogens with one attached hydrogen (secondary N) is 1. The molecule has 1 aromatic rings. The molecule has 0 fully saturated rings. The summed E-state index contributed by atoms with van der Waals surface area (Å²) in [7, 11) is 0. The molecule has 0 saturated carbocycles. The maximum absolute atomic E-state index is 12.2. The Hall–Kier alpha value is -1.84. The Morgan fingerprint density at radius 3 is 2.26 bits per heavy atom. The first-order valence-corrected chi connectivity index (χ1v) is 6.59. The van der Waals surface area contributed by atoms with E-state index in [1.165, 1.54) is 0 Å². The second kappa shape index (κ2) is 6.36. The lowest BCUT2D eigenvalue weighted by Gasteiger charge is -2.15. The molecule has 4 nitrogen and oxygen atoms in total. The highest BCUT2D eigenvalue weighted by atomic mass is 16.2. The van der Waals surface area contributed by atoms with E-state index in [0.29, 0.717) is 11.1 Å². The van der Waals surface area contributed by atoms with Crippen LogP contribution in [0.4, 0.5) is 0 Å². The predicted molar refractivity (Wildman–Crippen MR) is 76.3 cm³/mol. The van der Waals surface area contributed by atoms with E-state index < -0.39 is 5.91 Å². The quantitative estimate of drug-likeness (QED) is 0.854. The topological polar surface area (TPSA) is 72.2 Å². The molecule has 0 saturated heterocycles. The second-order valence-corrected chi connectivity index (χ2v) is 4.94. The van der Waals surface area contributed by atoms with Gasteiger partial charge >= 0.3 is 0 Å². The summed E-state index contributed by atoms with van der Waals surface area (Å²) in [6.07, 6.45) is 1.98. The first-order valence-electron chi connectivity index (χ1n) is 6.59. The minimum Gasteiger partial charge on any atom is -0.366 e. The Kier molecular flexibility index (Phi) is 5.10. The lowest BCUT2D eigenvalue weighted by molar-refractivity contribution is 0.0935. The standard InChI is InChI=1S/C15H22N2O2/c1-5-6-9(2)17-15(19)13-8-7-12(14(16)18)10(3)11(13)4/h7-9H,5-6H2,1-4H3,(H2,16,18)(H,17,19). The van der Waals surface area contributed by atoms with Crippen LogP contribution in [0.25, 0.3) is 0 Å². The van der Waals surface area contributed by atoms with Gasteiger partial charge < -0.3 is 11.1 Å². The molecule has 1 aromatic carbocycles. The maximum Gasteiger partial charge on any atom is 0.251 e. The fraction of sp³-hybridized carbons (Fsp3) is 0.467. The number of nitrogens with two attached hydrogens (primary N) is 1. The molecule has 1 atom stereocenters. The van der Waals surface area contributed by atoms with Gasteiger partial charge in [-0.15, -0.1) is 0 Å². The maximum atomic E-state index is 12.2. The minimum atomic E-state index is -0.466. The van der Waals surface area contributed by atoms with Gasteiger partial charge in [0.1, 0.15) is 0 Å². The van der Waals surface area contributed by atoms with E-state index in [2.05, 4.69) is 12.2 Å². The molecule has 1 rings (SSSR count). The van der Waals surface area contributed by atoms with Crippen LogP contribution >= 0.6 is 0 Å². The molecule has 0 aliphatic heterocycles. The van der Waals surface area contributed by atoms with Crippen molar-refractivity contribution in [2.24, 2.45) is 5.73 Å². The molecular weight excluding hydrogens is 240 g/mol. The summed E-state index contributed by atoms with van der Waals surface area (Å²) >= 11 is 0. The van der Waals surface area contributed by atoms with Crippen molar-refractivity contribution >= 4 is 11.8 Å². The van der Waals surface area contributed by atoms with E-state index in [-0.39, 0.29) is 11.9 Å². The first kappa shape index (κ1) is 15.2. The van der Waals surface area contributed by atoms with Gasteiger partial charge in [0.15, 0.2) is 0 Å². The van der Waals surface area contributed by atoms with Crippen LogP contribution in [0.15, 0.2) is 12.1 Å². The lowest BCUT2D eigenvalue weighted by Crippen LogP contribution is -2.33. The largest absolute Gasteiger partial charge is 0.366 e. The monoisotopic (exact) mass is 262 g/mol. The van der Waals surface area contributed by atoms with Gasteiger partial charge in [0, 0.05) is 17.2 Å². The molecule has 0 aliphatic carbocycles. The van der Waals surface area contributed by atoms with Crippen molar-refractivity contribution in [1.29, 1.82) is 0 Å². The highest BCUT2D eigenvalue weighted by Gasteiger charge is 2.16. The van der Waals surface area contributed by atoms with Crippen molar-refractivity contribution < 1.29 is 9.59 Å². The van der Waals surface area contributed by atoms with Crippen LogP contribution in [0.3, 0.4) is 0 Å². The van der Waals surface area contributed by atoms with Crippen molar-refractivity contribution in [3.8, 4) is 0 Å². The third-order valence-corrected chi connectivity index (χ3v) is 3.40. The van der Waals surface area contributed by atoms with Gasteiger partial charge in [0.2, 0.25) is 5.91 Å². The van der Waals surface area contributed by atoms with E-state index in [0.717, 1.165) is 24.0 Å². The number of amides is 2. The molecule has 3 N–H and O–H groups in total. The average molecular weight is 262 g/mol. The Morgan fingerprint density at radius 2 is 1.74 bits per heavy atom. The summed E-state index contributed by atoms with van der Waals surface area (Å²) in [5, 5.41) is 2.96. The number of hydrogen-bond donors (Lipinski definition) is 2. The van der Waals surface area contributed by atoms with Crippen LogP contribution in [0.5, 0.6) is 0 Å². The Bertz CT molecular complexity index is 495. The van der Waals surface area contributed by atoms with E-state index in [9.17, 15) is 9.59 Å². The highest BCUT2D eigenvalue weighted by molar-refractivity contribution is 5.99. The summed E-state index contributed by atoms with van der Waals surface area (Å²) in [6, 6.07) is 3.42. The molecule has 0 aliphatic rings. The number of primary amides is 1. The second-order valence-electron chi connectivity index (χ2n) is 4.94. The zero-order chi connectivity index (χ0) is 14.6. The third-order valence-electron chi connectivity index (χ3n) is 3.40. The molecule has 0 aromatic heterocycles. The Morgan fingerprint density at radius 1 is 1.21 bits per heavy atom. The fourth-order valence-electron chi connectivity index (χ4n) is 2.14. The molecule has 0 radical (unpaired) electrons. The molecule has 2 amide bonds. The van der Waals surface area contributed by atoms with Crippen molar-refractivity contribution in [3.05, 3.63) is 34.4 Å². The van der Waals surface area contributed by atoms with E-state index in [1.807, 2.05) is 20.8 Å². The lowest BCUT2D eigenvalue weighted by atomic mass is 9.97. The smallest absolute Gasteiger partial charge is 0.251 e. The van der Waals surface area contributed by atoms with Crippen LogP contribution in [-0.4, -0.2) is 17.9 Å². The zero-order valence-electron chi connectivity index (χ0n) is 12.0. The van der Waals surface area contributed by atoms with E-state index >= 15 is 0 Å². The molecule has 19 heavy (non-hydrogen) atoms. The third kappa shape index (κ3) is 3.56. The van der Waals surface area contributed by atoms with Gasteiger partial charge in [-0.25, -0.2) is 0 Å². The van der Waals surface area contributed by atoms with Crippen LogP contribution in [-0.2, 0) is 0 Å². The van der Waals surface area contributed by atoms with Crippen LogP contribution in [0, 0.1) is 13.8 Å². The summed E-state index contributed by atoms with van der Waals surface area (Å²) in [5.41, 5.74) is 7.93. The zero-order valence-corrected chi connectivity index (χ0v) is 12.0. The van der Waals surface area contributed by atoms with Gasteiger partial charge in [-0.05, 0) is 50.5 Å². The van der Waals surface area contributed by atoms with Gasteiger partial charge in [-0.2, -0.15) is 0 Å². The van der Waals surface area contributed by atoms with Crippen molar-refractivity contribution in [1.82, 2.24) is 5.32 Å². The van der Waals surface area contributed by atoms with Crippen LogP contribution in [0.2, 0.25) is 0 Å². The number of rotatable bonds is 5. The first-order chi connectivity index (χ1) is 8.88. The summed E-state index contributed by atoms with van der Waals surface area (Å²) in [6.45, 7) is 7.71. The average Bonchev–Trinajstić information content (AvgIpc) is 2.32. The van der Waals surface area contributed by atoms with Gasteiger partial charge in [0.25, 0.3) is 5.91 Å². The summed E-state index contributed by atoms with van der Waals surface area (Å²) in [5.74, 6) is -0.565. The summed E-state index contributed by atoms with van der Waals surface area (Å²) < 4.78 is 0. The van der Waals surface area contributed by atoms with Crippen LogP contribution in [0.1, 0.15) is 58.5 Å². The Labute approximate surface area is 114 Å². The van der Waals surface area contributed by atoms with Gasteiger partial charge in [0.05, 0.1) is 0 Å². The fourth-order valence-corrected chi connectivity index (χ4v) is 2.14. The van der Waals surface area contributed by atoms with Crippen molar-refractivity contribution in [3.63, 3.8) is 0 Å². The van der Waals surface area contributed by atoms with Crippen LogP contribution < -0.4 is 11.1 Å². The van der Waals surface area contributed by atoms with Gasteiger partial charge in [-0.1, -0.05) is 13.3 Å². The Balaban J connectivity index is 2.99. The molecule has 0 bridgehead atoms. The number of benzene rings is 1. The molecule has 1 unspecified atom stereocenters. The normalized spacial score (nSPS) is 12.0. The molecule has 0 heterocycles.